The fourth-order valence-corrected chi connectivity index (χ4v) is 4.87. The van der Waals surface area contributed by atoms with Gasteiger partial charge < -0.3 is 14.4 Å². The number of ether oxygens (including phenoxy) is 2. The van der Waals surface area contributed by atoms with Crippen LogP contribution in [0, 0.1) is 0 Å². The van der Waals surface area contributed by atoms with Crippen molar-refractivity contribution in [1.82, 2.24) is 0 Å². The van der Waals surface area contributed by atoms with Gasteiger partial charge in [0.2, 0.25) is 0 Å². The second-order valence-corrected chi connectivity index (χ2v) is 9.90. The van der Waals surface area contributed by atoms with Crippen molar-refractivity contribution in [2.24, 2.45) is 9.98 Å². The molecule has 0 amide bonds. The average Bonchev–Trinajstić information content (AvgIpc) is 3.07. The van der Waals surface area contributed by atoms with Crippen LogP contribution in [-0.2, 0) is 0 Å². The van der Waals surface area contributed by atoms with E-state index in [0.717, 1.165) is 62.5 Å². The van der Waals surface area contributed by atoms with Gasteiger partial charge in [-0.2, -0.15) is 0 Å². The Bertz CT molecular complexity index is 1740. The Morgan fingerprint density at radius 3 is 1.42 bits per heavy atom. The number of hydrogen-bond donors (Lipinski definition) is 0. The minimum absolute atomic E-state index is 0.817. The highest BCUT2D eigenvalue weighted by Gasteiger charge is 2.13. The van der Waals surface area contributed by atoms with Crippen molar-refractivity contribution < 1.29 is 9.47 Å². The summed E-state index contributed by atoms with van der Waals surface area (Å²) in [5.41, 5.74) is 8.93. The van der Waals surface area contributed by atoms with Crippen molar-refractivity contribution in [3.63, 3.8) is 0 Å². The zero-order valence-corrected chi connectivity index (χ0v) is 24.1. The normalized spacial score (nSPS) is 12.1. The Labute approximate surface area is 252 Å². The minimum atomic E-state index is 0.817. The number of methoxy groups -OCH3 is 2. The molecule has 0 saturated heterocycles. The van der Waals surface area contributed by atoms with Crippen LogP contribution in [0.1, 0.15) is 0 Å². The van der Waals surface area contributed by atoms with Crippen molar-refractivity contribution in [2.75, 3.05) is 19.1 Å². The molecule has 0 aliphatic heterocycles. The number of anilines is 3. The first kappa shape index (κ1) is 27.5. The number of benzene rings is 5. The summed E-state index contributed by atoms with van der Waals surface area (Å²) in [6.45, 7) is 0. The average molecular weight is 562 g/mol. The van der Waals surface area contributed by atoms with Gasteiger partial charge in [-0.15, -0.1) is 0 Å². The van der Waals surface area contributed by atoms with Crippen LogP contribution >= 0.6 is 0 Å². The van der Waals surface area contributed by atoms with E-state index in [4.69, 9.17) is 14.5 Å². The number of aliphatic imine (C=N–C) groups is 2. The molecule has 5 nitrogen and oxygen atoms in total. The minimum Gasteiger partial charge on any atom is -0.497 e. The molecule has 0 unspecified atom stereocenters. The van der Waals surface area contributed by atoms with Gasteiger partial charge in [0.15, 0.2) is 0 Å². The SMILES string of the molecule is COc1ccc(N(c2ccc(OC)cc2)c2ccc(-c3cccc(N=C4C=CC(=Nc5ccccc5)C=C4)c3)cc2)cc1. The number of hydrogen-bond acceptors (Lipinski definition) is 5. The summed E-state index contributed by atoms with van der Waals surface area (Å²) in [6, 6.07) is 42.9. The van der Waals surface area contributed by atoms with Gasteiger partial charge in [-0.05, 0) is 120 Å². The van der Waals surface area contributed by atoms with E-state index >= 15 is 0 Å². The molecular weight excluding hydrogens is 530 g/mol. The Morgan fingerprint density at radius 2 is 0.907 bits per heavy atom. The maximum atomic E-state index is 5.38. The first-order valence-electron chi connectivity index (χ1n) is 14.1. The van der Waals surface area contributed by atoms with Crippen LogP contribution in [0.15, 0.2) is 162 Å². The lowest BCUT2D eigenvalue weighted by Gasteiger charge is -2.26. The zero-order valence-electron chi connectivity index (χ0n) is 24.1. The van der Waals surface area contributed by atoms with Crippen molar-refractivity contribution in [3.05, 3.63) is 152 Å². The standard InChI is InChI=1S/C38H31N3O2/c1-42-37-23-19-35(20-24-37)41(36-21-25-38(43-2)26-22-36)34-17-11-28(12-18-34)29-7-6-10-33(27-29)40-32-15-13-31(14-16-32)39-30-8-4-3-5-9-30/h3-27H,1-2H3. The van der Waals surface area contributed by atoms with E-state index in [2.05, 4.69) is 70.6 Å². The van der Waals surface area contributed by atoms with Crippen molar-refractivity contribution >= 4 is 39.9 Å². The summed E-state index contributed by atoms with van der Waals surface area (Å²) in [5.74, 6) is 1.63. The van der Waals surface area contributed by atoms with Gasteiger partial charge in [0, 0.05) is 17.1 Å². The van der Waals surface area contributed by atoms with Crippen molar-refractivity contribution in [1.29, 1.82) is 0 Å². The Hall–Kier alpha value is -5.68. The summed E-state index contributed by atoms with van der Waals surface area (Å²) in [6.07, 6.45) is 7.98. The molecule has 0 saturated carbocycles. The van der Waals surface area contributed by atoms with E-state index < -0.39 is 0 Å². The van der Waals surface area contributed by atoms with Gasteiger partial charge in [-0.1, -0.05) is 42.5 Å². The summed E-state index contributed by atoms with van der Waals surface area (Å²) in [4.78, 5) is 11.7. The second kappa shape index (κ2) is 12.9. The molecule has 5 heteroatoms. The van der Waals surface area contributed by atoms with Crippen LogP contribution in [0.5, 0.6) is 11.5 Å². The van der Waals surface area contributed by atoms with Gasteiger partial charge in [-0.3, -0.25) is 0 Å². The molecule has 1 aliphatic carbocycles. The van der Waals surface area contributed by atoms with Gasteiger partial charge in [0.1, 0.15) is 11.5 Å². The lowest BCUT2D eigenvalue weighted by Crippen LogP contribution is -2.09. The Morgan fingerprint density at radius 1 is 0.442 bits per heavy atom. The van der Waals surface area contributed by atoms with Crippen molar-refractivity contribution in [3.8, 4) is 22.6 Å². The third kappa shape index (κ3) is 6.63. The fraction of sp³-hybridized carbons (Fsp3) is 0.0526. The first-order chi connectivity index (χ1) is 21.2. The topological polar surface area (TPSA) is 46.4 Å². The number of allylic oxidation sites excluding steroid dienone is 4. The fourth-order valence-electron chi connectivity index (χ4n) is 4.87. The van der Waals surface area contributed by atoms with Crippen LogP contribution in [0.2, 0.25) is 0 Å². The van der Waals surface area contributed by atoms with E-state index in [0.29, 0.717) is 0 Å². The van der Waals surface area contributed by atoms with E-state index in [1.165, 1.54) is 0 Å². The summed E-state index contributed by atoms with van der Waals surface area (Å²) in [7, 11) is 3.35. The van der Waals surface area contributed by atoms with Crippen LogP contribution in [0.25, 0.3) is 11.1 Å². The quantitative estimate of drug-likeness (QED) is 0.177. The van der Waals surface area contributed by atoms with Crippen molar-refractivity contribution in [2.45, 2.75) is 0 Å². The highest BCUT2D eigenvalue weighted by Crippen LogP contribution is 2.37. The maximum Gasteiger partial charge on any atom is 0.119 e. The molecule has 0 atom stereocenters. The highest BCUT2D eigenvalue weighted by atomic mass is 16.5. The predicted molar refractivity (Wildman–Crippen MR) is 179 cm³/mol. The van der Waals surface area contributed by atoms with Crippen LogP contribution in [0.3, 0.4) is 0 Å². The zero-order chi connectivity index (χ0) is 29.4. The molecule has 0 bridgehead atoms. The Balaban J connectivity index is 1.24. The molecule has 0 fully saturated rings. The molecule has 0 aromatic heterocycles. The molecule has 43 heavy (non-hydrogen) atoms. The van der Waals surface area contributed by atoms with Crippen LogP contribution in [-0.4, -0.2) is 25.6 Å². The van der Waals surface area contributed by atoms with E-state index in [1.54, 1.807) is 14.2 Å². The van der Waals surface area contributed by atoms with Gasteiger partial charge in [0.25, 0.3) is 0 Å². The molecular formula is C38H31N3O2. The molecule has 6 rings (SSSR count). The summed E-state index contributed by atoms with van der Waals surface area (Å²) in [5, 5.41) is 0. The number of nitrogens with zero attached hydrogens (tertiary/aromatic N) is 3. The van der Waals surface area contributed by atoms with E-state index in [1.807, 2.05) is 91.0 Å². The molecule has 0 heterocycles. The third-order valence-corrected chi connectivity index (χ3v) is 7.09. The molecule has 5 aromatic carbocycles. The lowest BCUT2D eigenvalue weighted by molar-refractivity contribution is 0.415. The van der Waals surface area contributed by atoms with Gasteiger partial charge in [-0.25, -0.2) is 9.98 Å². The number of rotatable bonds is 8. The van der Waals surface area contributed by atoms with E-state index in [-0.39, 0.29) is 0 Å². The van der Waals surface area contributed by atoms with Gasteiger partial charge >= 0.3 is 0 Å². The van der Waals surface area contributed by atoms with E-state index in [9.17, 15) is 0 Å². The molecule has 0 radical (unpaired) electrons. The first-order valence-corrected chi connectivity index (χ1v) is 14.1. The number of para-hydroxylation sites is 1. The third-order valence-electron chi connectivity index (χ3n) is 7.09. The smallest absolute Gasteiger partial charge is 0.119 e. The lowest BCUT2D eigenvalue weighted by atomic mass is 10.0. The van der Waals surface area contributed by atoms with Crippen LogP contribution in [0.4, 0.5) is 28.4 Å². The Kier molecular flexibility index (Phi) is 8.23. The maximum absolute atomic E-state index is 5.38. The largest absolute Gasteiger partial charge is 0.497 e. The predicted octanol–water partition coefficient (Wildman–Crippen LogP) is 9.81. The highest BCUT2D eigenvalue weighted by molar-refractivity contribution is 6.19. The summed E-state index contributed by atoms with van der Waals surface area (Å²) < 4.78 is 10.8. The van der Waals surface area contributed by atoms with Crippen LogP contribution < -0.4 is 14.4 Å². The van der Waals surface area contributed by atoms with Gasteiger partial charge in [0.05, 0.1) is 37.0 Å². The molecule has 1 aliphatic rings. The molecule has 0 spiro atoms. The molecule has 5 aromatic rings. The second-order valence-electron chi connectivity index (χ2n) is 9.90. The summed E-state index contributed by atoms with van der Waals surface area (Å²) >= 11 is 0. The molecule has 210 valence electrons. The molecule has 0 N–H and O–H groups in total. The monoisotopic (exact) mass is 561 g/mol.